The predicted molar refractivity (Wildman–Crippen MR) is 9.87 cm³/mol. The van der Waals surface area contributed by atoms with E-state index in [2.05, 4.69) is 0 Å². The van der Waals surface area contributed by atoms with E-state index in [4.69, 9.17) is 0 Å². The first-order valence-electron chi connectivity index (χ1n) is 0. The molecule has 0 atom stereocenters. The number of hydrogen-bond donors (Lipinski definition) is 0. The van der Waals surface area contributed by atoms with E-state index in [0.29, 0.717) is 0 Å². The normalized spacial score (nSPS) is 0. The maximum Gasteiger partial charge on any atom is 5.00 e. The largest absolute Gasteiger partial charge is 5.00 e. The van der Waals surface area contributed by atoms with Crippen molar-refractivity contribution in [3.63, 3.8) is 0 Å². The summed E-state index contributed by atoms with van der Waals surface area (Å²) >= 11 is 0. The molecule has 9 heteroatoms. The monoisotopic (exact) mass is 316 g/mol. The second-order valence-electron chi connectivity index (χ2n) is 0. The Morgan fingerprint density at radius 3 is 0.444 bits per heavy atom. The average Bonchev–Trinajstić information content (AvgIpc) is 0. The molecular weight excluding hydrogens is 317 g/mol. The van der Waals surface area contributed by atoms with Gasteiger partial charge in [-0.3, -0.25) is 0 Å². The topological polar surface area (TPSA) is 171 Å². The minimum absolute atomic E-state index is 0. The summed E-state index contributed by atoms with van der Waals surface area (Å²) in [6.07, 6.45) is 0. The van der Waals surface area contributed by atoms with Gasteiger partial charge in [0.05, 0.1) is 0 Å². The number of rotatable bonds is 0. The molecule has 6 nitrogen and oxygen atoms in total. The van der Waals surface area contributed by atoms with Crippen molar-refractivity contribution >= 4 is 24.4 Å². The molecule has 0 N–H and O–H groups in total. The van der Waals surface area contributed by atoms with Crippen LogP contribution in [0.1, 0.15) is 0 Å². The van der Waals surface area contributed by atoms with Crippen LogP contribution in [0.15, 0.2) is 0 Å². The fourth-order valence-electron chi connectivity index (χ4n) is 0. The summed E-state index contributed by atoms with van der Waals surface area (Å²) in [6.45, 7) is 0. The van der Waals surface area contributed by atoms with Gasteiger partial charge in [0.25, 0.3) is 0 Å². The van der Waals surface area contributed by atoms with Gasteiger partial charge in [-0.1, -0.05) is 0 Å². The van der Waals surface area contributed by atoms with Gasteiger partial charge in [-0.2, -0.15) is 0 Å². The Kier molecular flexibility index (Phi) is 7390. The zero-order valence-electron chi connectivity index (χ0n) is 3.84. The van der Waals surface area contributed by atoms with Crippen molar-refractivity contribution in [2.24, 2.45) is 0 Å². The van der Waals surface area contributed by atoms with Crippen LogP contribution in [0.4, 0.5) is 0 Å². The van der Waals surface area contributed by atoms with Gasteiger partial charge >= 0.3 is 64.7 Å². The average molecular weight is 317 g/mol. The van der Waals surface area contributed by atoms with Crippen LogP contribution >= 0.6 is 0 Å². The molecule has 0 rings (SSSR count). The third-order valence-electron chi connectivity index (χ3n) is 0. The summed E-state index contributed by atoms with van der Waals surface area (Å²) in [5, 5.41) is 0. The molecule has 0 aliphatic carbocycles. The van der Waals surface area contributed by atoms with Crippen LogP contribution in [0.25, 0.3) is 0 Å². The van der Waals surface area contributed by atoms with Gasteiger partial charge in [-0.05, 0) is 0 Å². The van der Waals surface area contributed by atoms with Gasteiger partial charge in [-0.15, -0.1) is 0 Å². The predicted octanol–water partition coefficient (Wildman–Crippen LogP) is -1.10. The Labute approximate surface area is 96.8 Å². The molecule has 2 radical (unpaired) electrons. The van der Waals surface area contributed by atoms with Crippen molar-refractivity contribution in [1.29, 1.82) is 0 Å². The Morgan fingerprint density at radius 2 is 0.444 bits per heavy atom. The summed E-state index contributed by atoms with van der Waals surface area (Å²) in [5.41, 5.74) is 0. The minimum atomic E-state index is 0. The standard InChI is InChI=1S/6O.Sb.Ti.V/q6*-2;+3;+4;+5. The van der Waals surface area contributed by atoms with Crippen molar-refractivity contribution in [1.82, 2.24) is 0 Å². The van der Waals surface area contributed by atoms with E-state index in [1.807, 2.05) is 0 Å². The second kappa shape index (κ2) is 221. The molecule has 0 saturated carbocycles. The molecular formula is O6SbTiV. The van der Waals surface area contributed by atoms with Crippen LogP contribution < -0.4 is 0 Å². The van der Waals surface area contributed by atoms with Crippen LogP contribution in [0.2, 0.25) is 0 Å². The van der Waals surface area contributed by atoms with E-state index in [1.165, 1.54) is 0 Å². The van der Waals surface area contributed by atoms with Crippen molar-refractivity contribution in [2.75, 3.05) is 0 Å². The van der Waals surface area contributed by atoms with Crippen LogP contribution in [0.5, 0.6) is 0 Å². The quantitative estimate of drug-likeness (QED) is 0.494. The Balaban J connectivity index is 0. The zero-order valence-corrected chi connectivity index (χ0v) is 9.35. The summed E-state index contributed by atoms with van der Waals surface area (Å²) in [5.74, 6) is 0. The van der Waals surface area contributed by atoms with Gasteiger partial charge in [0.1, 0.15) is 0 Å². The molecule has 0 aliphatic heterocycles. The first-order chi connectivity index (χ1) is 0. The molecule has 0 amide bonds. The second-order valence-corrected chi connectivity index (χ2v) is 0. The van der Waals surface area contributed by atoms with E-state index in [1.54, 1.807) is 0 Å². The van der Waals surface area contributed by atoms with Crippen molar-refractivity contribution in [3.8, 4) is 0 Å². The Morgan fingerprint density at radius 1 is 0.444 bits per heavy atom. The molecule has 0 heterocycles. The molecule has 0 aromatic rings. The van der Waals surface area contributed by atoms with E-state index in [9.17, 15) is 0 Å². The Bertz CT molecular complexity index is 13.0. The molecule has 0 spiro atoms. The molecule has 9 heavy (non-hydrogen) atoms. The molecule has 0 aromatic carbocycles. The SMILES string of the molecule is [O-2].[O-2].[O-2].[O-2].[O-2].[O-2].[Sb+3].[Ti+4].[V+5]. The zero-order chi connectivity index (χ0) is 0. The van der Waals surface area contributed by atoms with Gasteiger partial charge in [-0.25, -0.2) is 0 Å². The fourth-order valence-corrected chi connectivity index (χ4v) is 0. The fraction of sp³-hybridized carbons (Fsp3) is 0. The van der Waals surface area contributed by atoms with E-state index in [-0.39, 0.29) is 97.6 Å². The summed E-state index contributed by atoms with van der Waals surface area (Å²) in [7, 11) is 0. The van der Waals surface area contributed by atoms with Gasteiger partial charge in [0.2, 0.25) is 0 Å². The third-order valence-corrected chi connectivity index (χ3v) is 0. The van der Waals surface area contributed by atoms with Crippen molar-refractivity contribution in [2.45, 2.75) is 0 Å². The molecule has 0 aliphatic rings. The summed E-state index contributed by atoms with van der Waals surface area (Å²) in [4.78, 5) is 0. The van der Waals surface area contributed by atoms with Crippen LogP contribution in [0.3, 0.4) is 0 Å². The van der Waals surface area contributed by atoms with Gasteiger partial charge in [0.15, 0.2) is 0 Å². The molecule has 0 aromatic heterocycles. The molecule has 0 saturated heterocycles. The van der Waals surface area contributed by atoms with Crippen molar-refractivity contribution < 1.29 is 73.1 Å². The van der Waals surface area contributed by atoms with Crippen LogP contribution in [-0.2, 0) is 73.1 Å². The summed E-state index contributed by atoms with van der Waals surface area (Å²) in [6, 6.07) is 0. The molecule has 0 unspecified atom stereocenters. The molecule has 50 valence electrons. The van der Waals surface area contributed by atoms with E-state index < -0.39 is 0 Å². The maximum absolute atomic E-state index is 0. The van der Waals surface area contributed by atoms with Gasteiger partial charge in [0, 0.05) is 0 Å². The summed E-state index contributed by atoms with van der Waals surface area (Å²) < 4.78 is 0. The van der Waals surface area contributed by atoms with E-state index >= 15 is 0 Å². The smallest absolute Gasteiger partial charge is 2.00 e. The first kappa shape index (κ1) is 301. The first-order valence-corrected chi connectivity index (χ1v) is 0. The molecule has 0 bridgehead atoms. The number of hydrogen-bond acceptors (Lipinski definition) is 0. The van der Waals surface area contributed by atoms with Crippen LogP contribution in [-0.4, -0.2) is 24.4 Å². The van der Waals surface area contributed by atoms with E-state index in [0.717, 1.165) is 0 Å². The third kappa shape index (κ3) is 174. The van der Waals surface area contributed by atoms with Crippen LogP contribution in [0, 0.1) is 0 Å². The minimum Gasteiger partial charge on any atom is -2.00 e. The van der Waals surface area contributed by atoms with Crippen molar-refractivity contribution in [3.05, 3.63) is 0 Å². The Hall–Kier alpha value is 1.88. The maximum atomic E-state index is 0. The molecule has 0 fully saturated rings. The van der Waals surface area contributed by atoms with Gasteiger partial charge < -0.3 is 32.9 Å².